The lowest BCUT2D eigenvalue weighted by Crippen LogP contribution is -2.04. The van der Waals surface area contributed by atoms with Crippen LogP contribution in [0.15, 0.2) is 36.4 Å². The molecule has 2 nitrogen and oxygen atoms in total. The molecule has 0 saturated heterocycles. The van der Waals surface area contributed by atoms with Crippen molar-refractivity contribution in [1.82, 2.24) is 0 Å². The van der Waals surface area contributed by atoms with Crippen LogP contribution in [-0.2, 0) is 0 Å². The van der Waals surface area contributed by atoms with Crippen LogP contribution in [0.4, 0.5) is 8.78 Å². The summed E-state index contributed by atoms with van der Waals surface area (Å²) in [5, 5.41) is 8.67. The minimum atomic E-state index is -1.61. The summed E-state index contributed by atoms with van der Waals surface area (Å²) in [7, 11) is 0. The second kappa shape index (κ2) is 4.56. The number of aryl methyl sites for hydroxylation is 1. The Bertz CT molecular complexity index is 598. The van der Waals surface area contributed by atoms with Crippen molar-refractivity contribution in [2.75, 3.05) is 0 Å². The average Bonchev–Trinajstić information content (AvgIpc) is 2.27. The number of carbonyl (C=O) groups is 1. The molecule has 0 fully saturated rings. The Morgan fingerprint density at radius 1 is 1.06 bits per heavy atom. The second-order valence-electron chi connectivity index (χ2n) is 3.99. The molecule has 2 rings (SSSR count). The zero-order valence-corrected chi connectivity index (χ0v) is 9.58. The van der Waals surface area contributed by atoms with E-state index in [1.807, 2.05) is 13.0 Å². The molecule has 18 heavy (non-hydrogen) atoms. The standard InChI is InChI=1S/C14H10F2O2/c1-8-3-2-4-9(5-8)10-6-11(15)13(14(17)18)12(16)7-10/h2-7H,1H3,(H,17,18). The molecule has 2 aromatic carbocycles. The van der Waals surface area contributed by atoms with Gasteiger partial charge in [0.15, 0.2) is 0 Å². The molecular formula is C14H10F2O2. The molecule has 0 unspecified atom stereocenters. The van der Waals surface area contributed by atoms with Crippen molar-refractivity contribution in [1.29, 1.82) is 0 Å². The third-order valence-corrected chi connectivity index (χ3v) is 2.61. The summed E-state index contributed by atoms with van der Waals surface area (Å²) in [5.74, 6) is -3.75. The fraction of sp³-hybridized carbons (Fsp3) is 0.0714. The molecular weight excluding hydrogens is 238 g/mol. The third kappa shape index (κ3) is 2.22. The molecule has 4 heteroatoms. The number of hydrogen-bond donors (Lipinski definition) is 1. The van der Waals surface area contributed by atoms with Crippen LogP contribution in [0.5, 0.6) is 0 Å². The molecule has 1 N–H and O–H groups in total. The fourth-order valence-corrected chi connectivity index (χ4v) is 1.77. The van der Waals surface area contributed by atoms with Gasteiger partial charge >= 0.3 is 5.97 Å². The third-order valence-electron chi connectivity index (χ3n) is 2.61. The van der Waals surface area contributed by atoms with Crippen molar-refractivity contribution in [3.05, 3.63) is 59.2 Å². The van der Waals surface area contributed by atoms with Crippen LogP contribution in [0.1, 0.15) is 15.9 Å². The Hall–Kier alpha value is -2.23. The van der Waals surface area contributed by atoms with E-state index in [4.69, 9.17) is 5.11 Å². The first-order chi connectivity index (χ1) is 8.49. The molecule has 0 aliphatic heterocycles. The van der Waals surface area contributed by atoms with Crippen LogP contribution in [0, 0.1) is 18.6 Å². The topological polar surface area (TPSA) is 37.3 Å². The predicted molar refractivity (Wildman–Crippen MR) is 63.5 cm³/mol. The quantitative estimate of drug-likeness (QED) is 0.880. The molecule has 0 aromatic heterocycles. The Kier molecular flexibility index (Phi) is 3.10. The van der Waals surface area contributed by atoms with Gasteiger partial charge in [-0.3, -0.25) is 0 Å². The van der Waals surface area contributed by atoms with Gasteiger partial charge in [0.05, 0.1) is 0 Å². The van der Waals surface area contributed by atoms with Crippen LogP contribution < -0.4 is 0 Å². The number of carboxylic acids is 1. The smallest absolute Gasteiger partial charge is 0.341 e. The number of hydrogen-bond acceptors (Lipinski definition) is 1. The molecule has 92 valence electrons. The summed E-state index contributed by atoms with van der Waals surface area (Å²) in [4.78, 5) is 10.7. The van der Waals surface area contributed by atoms with E-state index in [2.05, 4.69) is 0 Å². The van der Waals surface area contributed by atoms with E-state index in [1.54, 1.807) is 18.2 Å². The summed E-state index contributed by atoms with van der Waals surface area (Å²) < 4.78 is 27.1. The van der Waals surface area contributed by atoms with Crippen molar-refractivity contribution in [2.45, 2.75) is 6.92 Å². The average molecular weight is 248 g/mol. The molecule has 0 amide bonds. The first-order valence-corrected chi connectivity index (χ1v) is 5.28. The lowest BCUT2D eigenvalue weighted by molar-refractivity contribution is 0.0686. The van der Waals surface area contributed by atoms with Crippen LogP contribution in [-0.4, -0.2) is 11.1 Å². The van der Waals surface area contributed by atoms with Gasteiger partial charge in [-0.25, -0.2) is 13.6 Å². The molecule has 0 saturated carbocycles. The number of halogens is 2. The highest BCUT2D eigenvalue weighted by Gasteiger charge is 2.18. The maximum atomic E-state index is 13.5. The highest BCUT2D eigenvalue weighted by atomic mass is 19.1. The van der Waals surface area contributed by atoms with Crippen LogP contribution in [0.2, 0.25) is 0 Å². The normalized spacial score (nSPS) is 10.4. The summed E-state index contributed by atoms with van der Waals surface area (Å²) in [6.07, 6.45) is 0. The van der Waals surface area contributed by atoms with Gasteiger partial charge in [-0.2, -0.15) is 0 Å². The largest absolute Gasteiger partial charge is 0.477 e. The van der Waals surface area contributed by atoms with E-state index in [1.165, 1.54) is 0 Å². The van der Waals surface area contributed by atoms with E-state index < -0.39 is 23.2 Å². The van der Waals surface area contributed by atoms with Crippen molar-refractivity contribution in [2.24, 2.45) is 0 Å². The van der Waals surface area contributed by atoms with Crippen LogP contribution >= 0.6 is 0 Å². The summed E-state index contributed by atoms with van der Waals surface area (Å²) in [6.45, 7) is 1.86. The van der Waals surface area contributed by atoms with E-state index in [9.17, 15) is 13.6 Å². The molecule has 0 aliphatic carbocycles. The Balaban J connectivity index is 2.58. The maximum absolute atomic E-state index is 13.5. The molecule has 0 spiro atoms. The molecule has 2 aromatic rings. The maximum Gasteiger partial charge on any atom is 0.341 e. The number of aromatic carboxylic acids is 1. The van der Waals surface area contributed by atoms with Crippen LogP contribution in [0.3, 0.4) is 0 Å². The van der Waals surface area contributed by atoms with Gasteiger partial charge in [0.2, 0.25) is 0 Å². The zero-order valence-electron chi connectivity index (χ0n) is 9.58. The summed E-state index contributed by atoms with van der Waals surface area (Å²) in [5.41, 5.74) is 0.991. The van der Waals surface area contributed by atoms with Gasteiger partial charge in [-0.05, 0) is 30.2 Å². The van der Waals surface area contributed by atoms with Crippen molar-refractivity contribution >= 4 is 5.97 Å². The van der Waals surface area contributed by atoms with E-state index in [-0.39, 0.29) is 0 Å². The highest BCUT2D eigenvalue weighted by molar-refractivity contribution is 5.89. The number of benzene rings is 2. The SMILES string of the molecule is Cc1cccc(-c2cc(F)c(C(=O)O)c(F)c2)c1. The van der Waals surface area contributed by atoms with E-state index >= 15 is 0 Å². The molecule has 0 atom stereocenters. The van der Waals surface area contributed by atoms with Gasteiger partial charge in [0.25, 0.3) is 0 Å². The monoisotopic (exact) mass is 248 g/mol. The second-order valence-corrected chi connectivity index (χ2v) is 3.99. The lowest BCUT2D eigenvalue weighted by Gasteiger charge is -2.06. The minimum Gasteiger partial charge on any atom is -0.477 e. The van der Waals surface area contributed by atoms with Gasteiger partial charge in [-0.15, -0.1) is 0 Å². The highest BCUT2D eigenvalue weighted by Crippen LogP contribution is 2.25. The predicted octanol–water partition coefficient (Wildman–Crippen LogP) is 3.64. The Labute approximate surface area is 103 Å². The van der Waals surface area contributed by atoms with E-state index in [0.29, 0.717) is 11.1 Å². The van der Waals surface area contributed by atoms with Crippen molar-refractivity contribution < 1.29 is 18.7 Å². The van der Waals surface area contributed by atoms with Gasteiger partial charge in [0, 0.05) is 0 Å². The number of rotatable bonds is 2. The molecule has 0 heterocycles. The first kappa shape index (κ1) is 12.2. The Morgan fingerprint density at radius 3 is 2.17 bits per heavy atom. The molecule has 0 bridgehead atoms. The van der Waals surface area contributed by atoms with Crippen LogP contribution in [0.25, 0.3) is 11.1 Å². The fourth-order valence-electron chi connectivity index (χ4n) is 1.77. The lowest BCUT2D eigenvalue weighted by atomic mass is 10.0. The minimum absolute atomic E-state index is 0.318. The Morgan fingerprint density at radius 2 is 1.67 bits per heavy atom. The van der Waals surface area contributed by atoms with Gasteiger partial charge in [0.1, 0.15) is 17.2 Å². The summed E-state index contributed by atoms with van der Waals surface area (Å²) >= 11 is 0. The summed E-state index contributed by atoms with van der Waals surface area (Å²) in [6, 6.07) is 9.17. The van der Waals surface area contributed by atoms with Crippen molar-refractivity contribution in [3.8, 4) is 11.1 Å². The van der Waals surface area contributed by atoms with Crippen molar-refractivity contribution in [3.63, 3.8) is 0 Å². The number of carboxylic acid groups (broad SMARTS) is 1. The zero-order chi connectivity index (χ0) is 13.3. The molecule has 0 aliphatic rings. The van der Waals surface area contributed by atoms with Gasteiger partial charge in [-0.1, -0.05) is 29.8 Å². The molecule has 0 radical (unpaired) electrons. The van der Waals surface area contributed by atoms with E-state index in [0.717, 1.165) is 17.7 Å². The van der Waals surface area contributed by atoms with Gasteiger partial charge < -0.3 is 5.11 Å². The first-order valence-electron chi connectivity index (χ1n) is 5.28.